The van der Waals surface area contributed by atoms with Crippen molar-refractivity contribution in [3.8, 4) is 0 Å². The Hall–Kier alpha value is -0.650. The molecule has 17 heavy (non-hydrogen) atoms. The molecule has 0 saturated carbocycles. The minimum atomic E-state index is -0.834. The van der Waals surface area contributed by atoms with Gasteiger partial charge in [-0.3, -0.25) is 9.00 Å². The SMILES string of the molecule is CS(=O)CCCNC(=O)c1cnc(Cl)c(Cl)c1. The molecule has 0 aliphatic heterocycles. The molecule has 0 bridgehead atoms. The van der Waals surface area contributed by atoms with Gasteiger partial charge in [0.2, 0.25) is 0 Å². The normalized spacial score (nSPS) is 12.2. The van der Waals surface area contributed by atoms with E-state index in [0.717, 1.165) is 0 Å². The van der Waals surface area contributed by atoms with Crippen molar-refractivity contribution in [3.05, 3.63) is 28.0 Å². The fourth-order valence-corrected chi connectivity index (χ4v) is 1.95. The Balaban J connectivity index is 2.47. The molecule has 0 radical (unpaired) electrons. The van der Waals surface area contributed by atoms with Crippen molar-refractivity contribution in [1.29, 1.82) is 0 Å². The van der Waals surface area contributed by atoms with Crippen molar-refractivity contribution in [3.63, 3.8) is 0 Å². The van der Waals surface area contributed by atoms with Crippen LogP contribution in [0.1, 0.15) is 16.8 Å². The highest BCUT2D eigenvalue weighted by Gasteiger charge is 2.08. The van der Waals surface area contributed by atoms with Gasteiger partial charge in [0.1, 0.15) is 5.15 Å². The predicted molar refractivity (Wildman–Crippen MR) is 70.1 cm³/mol. The Bertz CT molecular complexity index is 440. The van der Waals surface area contributed by atoms with Crippen molar-refractivity contribution < 1.29 is 9.00 Å². The number of amides is 1. The minimum absolute atomic E-state index is 0.171. The van der Waals surface area contributed by atoms with Gasteiger partial charge in [0.05, 0.1) is 10.6 Å². The number of halogens is 2. The van der Waals surface area contributed by atoms with Gasteiger partial charge in [-0.05, 0) is 12.5 Å². The Labute approximate surface area is 112 Å². The van der Waals surface area contributed by atoms with E-state index in [4.69, 9.17) is 23.2 Å². The Morgan fingerprint density at radius 2 is 2.24 bits per heavy atom. The molecule has 0 aliphatic carbocycles. The van der Waals surface area contributed by atoms with Gasteiger partial charge < -0.3 is 5.32 Å². The summed E-state index contributed by atoms with van der Waals surface area (Å²) in [6.07, 6.45) is 3.66. The molecule has 0 spiro atoms. The first kappa shape index (κ1) is 14.4. The molecule has 1 rings (SSSR count). The first-order valence-electron chi connectivity index (χ1n) is 4.90. The molecule has 1 atom stereocenters. The van der Waals surface area contributed by atoms with E-state index in [1.54, 1.807) is 6.26 Å². The summed E-state index contributed by atoms with van der Waals surface area (Å²) in [4.78, 5) is 15.4. The van der Waals surface area contributed by atoms with Gasteiger partial charge >= 0.3 is 0 Å². The maximum absolute atomic E-state index is 11.6. The number of rotatable bonds is 5. The Morgan fingerprint density at radius 1 is 1.53 bits per heavy atom. The molecule has 94 valence electrons. The van der Waals surface area contributed by atoms with Crippen molar-refractivity contribution in [2.75, 3.05) is 18.6 Å². The lowest BCUT2D eigenvalue weighted by molar-refractivity contribution is 0.0953. The zero-order chi connectivity index (χ0) is 12.8. The van der Waals surface area contributed by atoms with Crippen molar-refractivity contribution in [2.45, 2.75) is 6.42 Å². The summed E-state index contributed by atoms with van der Waals surface area (Å²) in [5, 5.41) is 3.10. The largest absolute Gasteiger partial charge is 0.352 e. The van der Waals surface area contributed by atoms with Crippen LogP contribution in [0.2, 0.25) is 10.2 Å². The maximum Gasteiger partial charge on any atom is 0.252 e. The molecule has 1 amide bonds. The van der Waals surface area contributed by atoms with Crippen LogP contribution in [0.3, 0.4) is 0 Å². The summed E-state index contributed by atoms with van der Waals surface area (Å²) in [5.41, 5.74) is 0.358. The number of hydrogen-bond donors (Lipinski definition) is 1. The van der Waals surface area contributed by atoms with Crippen molar-refractivity contribution in [2.24, 2.45) is 0 Å². The second kappa shape index (κ2) is 6.93. The number of hydrogen-bond acceptors (Lipinski definition) is 3. The van der Waals surface area contributed by atoms with Crippen LogP contribution >= 0.6 is 23.2 Å². The van der Waals surface area contributed by atoms with Crippen LogP contribution in [0.25, 0.3) is 0 Å². The lowest BCUT2D eigenvalue weighted by atomic mass is 10.2. The molecule has 0 fully saturated rings. The van der Waals surface area contributed by atoms with E-state index in [2.05, 4.69) is 10.3 Å². The van der Waals surface area contributed by atoms with E-state index >= 15 is 0 Å². The van der Waals surface area contributed by atoms with Gasteiger partial charge in [0.15, 0.2) is 0 Å². The third-order valence-electron chi connectivity index (χ3n) is 1.95. The van der Waals surface area contributed by atoms with Crippen LogP contribution in [0.15, 0.2) is 12.3 Å². The fraction of sp³-hybridized carbons (Fsp3) is 0.400. The molecule has 1 unspecified atom stereocenters. The minimum Gasteiger partial charge on any atom is -0.352 e. The van der Waals surface area contributed by atoms with E-state index in [1.165, 1.54) is 12.3 Å². The zero-order valence-corrected chi connectivity index (χ0v) is 11.5. The molecule has 7 heteroatoms. The zero-order valence-electron chi connectivity index (χ0n) is 9.20. The highest BCUT2D eigenvalue weighted by atomic mass is 35.5. The van der Waals surface area contributed by atoms with E-state index in [0.29, 0.717) is 24.3 Å². The molecular formula is C10H12Cl2N2O2S. The lowest BCUT2D eigenvalue weighted by Gasteiger charge is -2.04. The average Bonchev–Trinajstić information content (AvgIpc) is 2.27. The number of carbonyl (C=O) groups is 1. The summed E-state index contributed by atoms with van der Waals surface area (Å²) in [5.74, 6) is 0.304. The number of carbonyl (C=O) groups excluding carboxylic acids is 1. The van der Waals surface area contributed by atoms with Gasteiger partial charge in [0, 0.05) is 35.5 Å². The number of pyridine rings is 1. The van der Waals surface area contributed by atoms with Crippen LogP contribution in [0.4, 0.5) is 0 Å². The molecular weight excluding hydrogens is 283 g/mol. The summed E-state index contributed by atoms with van der Waals surface area (Å²) in [7, 11) is -0.834. The second-order valence-corrected chi connectivity index (χ2v) is 5.70. The summed E-state index contributed by atoms with van der Waals surface area (Å²) in [6, 6.07) is 1.46. The first-order chi connectivity index (χ1) is 8.00. The van der Waals surface area contributed by atoms with Gasteiger partial charge in [0.25, 0.3) is 5.91 Å². The van der Waals surface area contributed by atoms with Crippen LogP contribution < -0.4 is 5.32 Å². The predicted octanol–water partition coefficient (Wildman–Crippen LogP) is 1.89. The summed E-state index contributed by atoms with van der Waals surface area (Å²) >= 11 is 11.4. The van der Waals surface area contributed by atoms with Crippen LogP contribution in [-0.2, 0) is 10.8 Å². The summed E-state index contributed by atoms with van der Waals surface area (Å²) < 4.78 is 10.8. The standard InChI is InChI=1S/C10H12Cl2N2O2S/c1-17(16)4-2-3-13-10(15)7-5-8(11)9(12)14-6-7/h5-6H,2-4H2,1H3,(H,13,15). The van der Waals surface area contributed by atoms with E-state index in [-0.39, 0.29) is 16.1 Å². The molecule has 0 saturated heterocycles. The summed E-state index contributed by atoms with van der Waals surface area (Å²) in [6.45, 7) is 0.471. The van der Waals surface area contributed by atoms with Gasteiger partial charge in [-0.2, -0.15) is 0 Å². The fourth-order valence-electron chi connectivity index (χ4n) is 1.12. The molecule has 1 heterocycles. The van der Waals surface area contributed by atoms with Gasteiger partial charge in [-0.25, -0.2) is 4.98 Å². The topological polar surface area (TPSA) is 59.1 Å². The maximum atomic E-state index is 11.6. The van der Waals surface area contributed by atoms with E-state index in [9.17, 15) is 9.00 Å². The molecule has 4 nitrogen and oxygen atoms in total. The average molecular weight is 295 g/mol. The molecule has 0 aliphatic rings. The quantitative estimate of drug-likeness (QED) is 0.666. The van der Waals surface area contributed by atoms with E-state index < -0.39 is 10.8 Å². The van der Waals surface area contributed by atoms with E-state index in [1.807, 2.05) is 0 Å². The number of nitrogens with zero attached hydrogens (tertiary/aromatic N) is 1. The van der Waals surface area contributed by atoms with Crippen molar-refractivity contribution >= 4 is 39.9 Å². The highest BCUT2D eigenvalue weighted by molar-refractivity contribution is 7.84. The van der Waals surface area contributed by atoms with Crippen LogP contribution in [-0.4, -0.2) is 33.7 Å². The van der Waals surface area contributed by atoms with Gasteiger partial charge in [-0.1, -0.05) is 23.2 Å². The molecule has 0 aromatic carbocycles. The smallest absolute Gasteiger partial charge is 0.252 e. The lowest BCUT2D eigenvalue weighted by Crippen LogP contribution is -2.25. The molecule has 1 aromatic rings. The first-order valence-corrected chi connectivity index (χ1v) is 7.38. The number of nitrogens with one attached hydrogen (secondary N) is 1. The second-order valence-electron chi connectivity index (χ2n) is 3.38. The Kier molecular flexibility index (Phi) is 5.88. The van der Waals surface area contributed by atoms with Crippen molar-refractivity contribution in [1.82, 2.24) is 10.3 Å². The molecule has 1 N–H and O–H groups in total. The number of aromatic nitrogens is 1. The Morgan fingerprint density at radius 3 is 2.82 bits per heavy atom. The third-order valence-corrected chi connectivity index (χ3v) is 3.50. The van der Waals surface area contributed by atoms with Crippen LogP contribution in [0.5, 0.6) is 0 Å². The molecule has 1 aromatic heterocycles. The highest BCUT2D eigenvalue weighted by Crippen LogP contribution is 2.19. The van der Waals surface area contributed by atoms with Crippen LogP contribution in [0, 0.1) is 0 Å². The third kappa shape index (κ3) is 5.02. The monoisotopic (exact) mass is 294 g/mol. The van der Waals surface area contributed by atoms with Gasteiger partial charge in [-0.15, -0.1) is 0 Å².